The number of aliphatic imine (C=N–C) groups is 1. The molecule has 1 aliphatic heterocycles. The van der Waals surface area contributed by atoms with E-state index in [2.05, 4.69) is 21.8 Å². The molecule has 7 nitrogen and oxygen atoms in total. The number of likely N-dealkylation sites (N-methyl/N-ethyl adjacent to an activating group) is 2. The number of benzene rings is 3. The zero-order valence-corrected chi connectivity index (χ0v) is 23.9. The lowest BCUT2D eigenvalue weighted by Crippen LogP contribution is -2.48. The number of H-pyrrole nitrogens is 1. The molecule has 0 unspecified atom stereocenters. The van der Waals surface area contributed by atoms with Crippen LogP contribution in [-0.2, 0) is 4.79 Å². The van der Waals surface area contributed by atoms with E-state index >= 15 is 0 Å². The van der Waals surface area contributed by atoms with E-state index in [1.165, 1.54) is 4.90 Å². The third-order valence-electron chi connectivity index (χ3n) is 6.93. The van der Waals surface area contributed by atoms with Gasteiger partial charge in [-0.2, -0.15) is 0 Å². The van der Waals surface area contributed by atoms with Crippen LogP contribution in [-0.4, -0.2) is 78.3 Å². The van der Waals surface area contributed by atoms with Gasteiger partial charge in [-0.05, 0) is 31.3 Å². The zero-order valence-electron chi connectivity index (χ0n) is 21.6. The summed E-state index contributed by atoms with van der Waals surface area (Å²) in [6, 6.07) is 18.2. The number of carbonyl (C=O) groups excluding carboxylic acids is 1. The van der Waals surface area contributed by atoms with Gasteiger partial charge in [-0.25, -0.2) is 4.99 Å². The van der Waals surface area contributed by atoms with Gasteiger partial charge >= 0.3 is 0 Å². The highest BCUT2D eigenvalue weighted by Crippen LogP contribution is 2.39. The number of aromatic nitrogens is 1. The molecule has 1 aromatic heterocycles. The highest BCUT2D eigenvalue weighted by molar-refractivity contribution is 6.40. The molecule has 1 amide bonds. The molecule has 0 saturated carbocycles. The van der Waals surface area contributed by atoms with Crippen molar-refractivity contribution in [3.05, 3.63) is 86.9 Å². The molecule has 2 N–H and O–H groups in total. The standard InChI is InChI=1S/C29H28Cl3N5O2/c1-35-10-12-37(13-11-35)17-25(38)36(2)28-22(31)15-20(16-23(28)32)33-27(18-6-4-3-5-7-18)26-21-9-8-19(30)14-24(21)34-29(26)39/h3-9,14-16,34,39H,10-13,17H2,1-2H3. The minimum absolute atomic E-state index is 0.0297. The largest absolute Gasteiger partial charge is 0.494 e. The van der Waals surface area contributed by atoms with Crippen LogP contribution in [0.3, 0.4) is 0 Å². The molecule has 10 heteroatoms. The molecule has 39 heavy (non-hydrogen) atoms. The Kier molecular flexibility index (Phi) is 8.16. The summed E-state index contributed by atoms with van der Waals surface area (Å²) in [4.78, 5) is 26.8. The fourth-order valence-electron chi connectivity index (χ4n) is 4.75. The summed E-state index contributed by atoms with van der Waals surface area (Å²) in [6.45, 7) is 3.81. The monoisotopic (exact) mass is 583 g/mol. The minimum Gasteiger partial charge on any atom is -0.494 e. The maximum Gasteiger partial charge on any atom is 0.240 e. The van der Waals surface area contributed by atoms with Crippen molar-refractivity contribution in [3.8, 4) is 5.88 Å². The van der Waals surface area contributed by atoms with Gasteiger partial charge in [0.15, 0.2) is 5.88 Å². The smallest absolute Gasteiger partial charge is 0.240 e. The second-order valence-electron chi connectivity index (χ2n) is 9.66. The van der Waals surface area contributed by atoms with Crippen LogP contribution in [0.25, 0.3) is 10.9 Å². The third-order valence-corrected chi connectivity index (χ3v) is 7.74. The van der Waals surface area contributed by atoms with Crippen molar-refractivity contribution < 1.29 is 9.90 Å². The summed E-state index contributed by atoms with van der Waals surface area (Å²) in [5.74, 6) is -0.120. The van der Waals surface area contributed by atoms with Crippen LogP contribution in [0.4, 0.5) is 11.4 Å². The molecule has 2 heterocycles. The number of fused-ring (bicyclic) bond motifs is 1. The number of aromatic amines is 1. The Bertz CT molecular complexity index is 1520. The summed E-state index contributed by atoms with van der Waals surface area (Å²) in [5.41, 5.74) is 3.45. The average molecular weight is 585 g/mol. The van der Waals surface area contributed by atoms with Gasteiger partial charge in [0.2, 0.25) is 5.91 Å². The molecule has 202 valence electrons. The number of amides is 1. The highest BCUT2D eigenvalue weighted by atomic mass is 35.5. The number of nitrogens with one attached hydrogen (secondary N) is 1. The number of hydrogen-bond acceptors (Lipinski definition) is 5. The van der Waals surface area contributed by atoms with Crippen LogP contribution in [0.15, 0.2) is 65.7 Å². The first-order valence-electron chi connectivity index (χ1n) is 12.5. The first-order chi connectivity index (χ1) is 18.7. The summed E-state index contributed by atoms with van der Waals surface area (Å²) in [6.07, 6.45) is 0. The topological polar surface area (TPSA) is 75.2 Å². The van der Waals surface area contributed by atoms with Gasteiger partial charge in [-0.1, -0.05) is 71.2 Å². The fraction of sp³-hybridized carbons (Fsp3) is 0.241. The minimum atomic E-state index is -0.0908. The van der Waals surface area contributed by atoms with E-state index in [1.807, 2.05) is 36.4 Å². The maximum atomic E-state index is 13.1. The van der Waals surface area contributed by atoms with Gasteiger partial charge in [0.25, 0.3) is 0 Å². The predicted octanol–water partition coefficient (Wildman–Crippen LogP) is 6.21. The van der Waals surface area contributed by atoms with Gasteiger partial charge in [0.05, 0.1) is 44.8 Å². The molecule has 0 radical (unpaired) electrons. The molecule has 5 rings (SSSR count). The van der Waals surface area contributed by atoms with Crippen molar-refractivity contribution in [2.75, 3.05) is 51.7 Å². The number of aromatic hydroxyl groups is 1. The Morgan fingerprint density at radius 2 is 1.67 bits per heavy atom. The van der Waals surface area contributed by atoms with Gasteiger partial charge < -0.3 is 19.9 Å². The first-order valence-corrected chi connectivity index (χ1v) is 13.7. The van der Waals surface area contributed by atoms with Crippen LogP contribution in [0, 0.1) is 0 Å². The molecule has 0 spiro atoms. The van der Waals surface area contributed by atoms with E-state index in [-0.39, 0.29) is 11.8 Å². The van der Waals surface area contributed by atoms with Crippen LogP contribution in [0.1, 0.15) is 11.1 Å². The van der Waals surface area contributed by atoms with Crippen molar-refractivity contribution in [1.82, 2.24) is 14.8 Å². The normalized spacial score (nSPS) is 15.2. The van der Waals surface area contributed by atoms with Crippen LogP contribution >= 0.6 is 34.8 Å². The lowest BCUT2D eigenvalue weighted by atomic mass is 10.0. The second kappa shape index (κ2) is 11.6. The summed E-state index contributed by atoms with van der Waals surface area (Å²) >= 11 is 19.6. The van der Waals surface area contributed by atoms with Crippen LogP contribution < -0.4 is 4.90 Å². The summed E-state index contributed by atoms with van der Waals surface area (Å²) in [5, 5.41) is 12.8. The van der Waals surface area contributed by atoms with E-state index < -0.39 is 0 Å². The van der Waals surface area contributed by atoms with Crippen LogP contribution in [0.2, 0.25) is 15.1 Å². The molecule has 4 aromatic rings. The highest BCUT2D eigenvalue weighted by Gasteiger charge is 2.23. The Labute approximate surface area is 242 Å². The van der Waals surface area contributed by atoms with E-state index in [1.54, 1.807) is 31.3 Å². The van der Waals surface area contributed by atoms with Gasteiger partial charge in [-0.3, -0.25) is 9.69 Å². The Hall–Kier alpha value is -3.07. The van der Waals surface area contributed by atoms with E-state index in [0.717, 1.165) is 37.1 Å². The number of hydrogen-bond donors (Lipinski definition) is 2. The molecule has 1 fully saturated rings. The number of halogens is 3. The first kappa shape index (κ1) is 27.5. The SMILES string of the molecule is CN1CCN(CC(=O)N(C)c2c(Cl)cc(N=C(c3ccccc3)c3c(O)[nH]c4cc(Cl)ccc34)cc2Cl)CC1. The van der Waals surface area contributed by atoms with E-state index in [4.69, 9.17) is 39.8 Å². The fourth-order valence-corrected chi connectivity index (χ4v) is 5.65. The third kappa shape index (κ3) is 5.93. The van der Waals surface area contributed by atoms with Crippen molar-refractivity contribution in [1.29, 1.82) is 0 Å². The molecule has 1 saturated heterocycles. The van der Waals surface area contributed by atoms with Crippen molar-refractivity contribution in [2.45, 2.75) is 0 Å². The molecule has 0 bridgehead atoms. The number of piperazine rings is 1. The molecule has 0 atom stereocenters. The van der Waals surface area contributed by atoms with Gasteiger partial charge in [-0.15, -0.1) is 0 Å². The van der Waals surface area contributed by atoms with Crippen LogP contribution in [0.5, 0.6) is 5.88 Å². The molecular formula is C29H28Cl3N5O2. The number of carbonyl (C=O) groups is 1. The number of nitrogens with zero attached hydrogens (tertiary/aromatic N) is 4. The average Bonchev–Trinajstić information content (AvgIpc) is 3.23. The molecular weight excluding hydrogens is 557 g/mol. The van der Waals surface area contributed by atoms with Gasteiger partial charge in [0, 0.05) is 49.2 Å². The number of anilines is 1. The molecule has 1 aliphatic rings. The molecule has 3 aromatic carbocycles. The van der Waals surface area contributed by atoms with E-state index in [9.17, 15) is 9.90 Å². The maximum absolute atomic E-state index is 13.1. The van der Waals surface area contributed by atoms with Gasteiger partial charge in [0.1, 0.15) is 0 Å². The zero-order chi connectivity index (χ0) is 27.7. The Balaban J connectivity index is 1.51. The summed E-state index contributed by atoms with van der Waals surface area (Å²) < 4.78 is 0. The Morgan fingerprint density at radius 1 is 1.00 bits per heavy atom. The van der Waals surface area contributed by atoms with Crippen molar-refractivity contribution >= 4 is 68.7 Å². The quantitative estimate of drug-likeness (QED) is 0.264. The lowest BCUT2D eigenvalue weighted by Gasteiger charge is -2.33. The molecule has 0 aliphatic carbocycles. The predicted molar refractivity (Wildman–Crippen MR) is 161 cm³/mol. The van der Waals surface area contributed by atoms with E-state index in [0.29, 0.717) is 49.8 Å². The van der Waals surface area contributed by atoms with Crippen molar-refractivity contribution in [2.24, 2.45) is 4.99 Å². The lowest BCUT2D eigenvalue weighted by molar-refractivity contribution is -0.119. The summed E-state index contributed by atoms with van der Waals surface area (Å²) in [7, 11) is 3.76. The number of rotatable bonds is 6. The second-order valence-corrected chi connectivity index (χ2v) is 10.9. The van der Waals surface area contributed by atoms with Crippen molar-refractivity contribution in [3.63, 3.8) is 0 Å². The Morgan fingerprint density at radius 3 is 2.33 bits per heavy atom.